The predicted molar refractivity (Wildman–Crippen MR) is 118 cm³/mol. The molecule has 1 aromatic carbocycles. The van der Waals surface area contributed by atoms with Crippen LogP contribution in [0.5, 0.6) is 0 Å². The van der Waals surface area contributed by atoms with E-state index in [4.69, 9.17) is 9.15 Å². The van der Waals surface area contributed by atoms with Gasteiger partial charge in [0.1, 0.15) is 17.7 Å². The number of para-hydroxylation sites is 2. The molecule has 2 atom stereocenters. The minimum Gasteiger partial charge on any atom is -0.459 e. The van der Waals surface area contributed by atoms with Crippen LogP contribution in [0, 0.1) is 5.95 Å². The number of rotatable bonds is 5. The summed E-state index contributed by atoms with van der Waals surface area (Å²) in [5, 5.41) is 0. The maximum absolute atomic E-state index is 13.4. The Morgan fingerprint density at radius 3 is 2.94 bits per heavy atom. The summed E-state index contributed by atoms with van der Waals surface area (Å²) >= 11 is 0. The fourth-order valence-corrected chi connectivity index (χ4v) is 4.68. The number of hydrogen-bond donors (Lipinski definition) is 0. The van der Waals surface area contributed by atoms with Crippen LogP contribution in [-0.2, 0) is 16.1 Å². The number of benzene rings is 1. The Labute approximate surface area is 186 Å². The summed E-state index contributed by atoms with van der Waals surface area (Å²) in [5.74, 6) is -0.687. The zero-order valence-corrected chi connectivity index (χ0v) is 18.0. The number of likely N-dealkylation sites (tertiary alicyclic amines) is 1. The van der Waals surface area contributed by atoms with E-state index >= 15 is 0 Å². The highest BCUT2D eigenvalue weighted by atomic mass is 19.1. The van der Waals surface area contributed by atoms with Gasteiger partial charge in [-0.3, -0.25) is 4.90 Å². The Bertz CT molecular complexity index is 1050. The monoisotopic (exact) mass is 438 g/mol. The molecule has 4 heterocycles. The lowest BCUT2D eigenvalue weighted by Crippen LogP contribution is -2.48. The van der Waals surface area contributed by atoms with Crippen molar-refractivity contribution in [2.45, 2.75) is 50.8 Å². The molecule has 7 nitrogen and oxygen atoms in total. The third-order valence-corrected chi connectivity index (χ3v) is 6.25. The summed E-state index contributed by atoms with van der Waals surface area (Å²) in [6, 6.07) is 11.0. The van der Waals surface area contributed by atoms with Gasteiger partial charge in [-0.1, -0.05) is 12.1 Å². The molecule has 32 heavy (non-hydrogen) atoms. The number of nitrogens with zero attached hydrogens (tertiary/aromatic N) is 4. The van der Waals surface area contributed by atoms with E-state index in [2.05, 4.69) is 14.9 Å². The number of carbonyl (C=O) groups excluding carboxylic acids is 1. The van der Waals surface area contributed by atoms with Gasteiger partial charge in [-0.05, 0) is 68.5 Å². The normalized spacial score (nSPS) is 22.2. The lowest BCUT2D eigenvalue weighted by molar-refractivity contribution is -0.154. The number of ether oxygens (including phenoxy) is 1. The summed E-state index contributed by atoms with van der Waals surface area (Å²) in [7, 11) is 0. The van der Waals surface area contributed by atoms with Crippen LogP contribution in [-0.4, -0.2) is 52.6 Å². The van der Waals surface area contributed by atoms with Crippen LogP contribution in [0.2, 0.25) is 0 Å². The van der Waals surface area contributed by atoms with Crippen LogP contribution in [0.3, 0.4) is 0 Å². The number of pyridine rings is 1. The van der Waals surface area contributed by atoms with Crippen molar-refractivity contribution in [3.05, 3.63) is 54.1 Å². The maximum atomic E-state index is 13.4. The fraction of sp³-hybridized carbons (Fsp3) is 0.458. The molecular formula is C24H27FN4O3. The van der Waals surface area contributed by atoms with E-state index in [1.807, 2.05) is 35.2 Å². The lowest BCUT2D eigenvalue weighted by Gasteiger charge is -2.36. The molecule has 2 aliphatic rings. The molecule has 0 amide bonds. The number of carbonyl (C=O) groups is 1. The largest absolute Gasteiger partial charge is 0.459 e. The molecular weight excluding hydrogens is 411 g/mol. The van der Waals surface area contributed by atoms with Gasteiger partial charge in [0.15, 0.2) is 5.58 Å². The van der Waals surface area contributed by atoms with Crippen molar-refractivity contribution in [1.82, 2.24) is 14.9 Å². The van der Waals surface area contributed by atoms with Gasteiger partial charge in [0, 0.05) is 25.8 Å². The topological polar surface area (TPSA) is 71.7 Å². The molecule has 0 unspecified atom stereocenters. The average molecular weight is 439 g/mol. The van der Waals surface area contributed by atoms with Gasteiger partial charge in [0.2, 0.25) is 5.95 Å². The van der Waals surface area contributed by atoms with E-state index in [1.54, 1.807) is 0 Å². The first-order valence-electron chi connectivity index (χ1n) is 11.3. The van der Waals surface area contributed by atoms with Crippen molar-refractivity contribution in [3.8, 4) is 0 Å². The molecule has 0 N–H and O–H groups in total. The fourth-order valence-electron chi connectivity index (χ4n) is 4.68. The lowest BCUT2D eigenvalue weighted by atomic mass is 10.0. The van der Waals surface area contributed by atoms with Gasteiger partial charge < -0.3 is 14.1 Å². The molecule has 5 rings (SSSR count). The zero-order chi connectivity index (χ0) is 21.9. The summed E-state index contributed by atoms with van der Waals surface area (Å²) in [5.41, 5.74) is 2.38. The van der Waals surface area contributed by atoms with Crippen LogP contribution >= 0.6 is 0 Å². The van der Waals surface area contributed by atoms with Gasteiger partial charge >= 0.3 is 5.97 Å². The maximum Gasteiger partial charge on any atom is 0.329 e. The number of halogens is 1. The number of piperidine rings is 2. The molecule has 0 radical (unpaired) electrons. The Morgan fingerprint density at radius 1 is 1.16 bits per heavy atom. The number of hydrogen-bond acceptors (Lipinski definition) is 7. The second-order valence-corrected chi connectivity index (χ2v) is 8.59. The quantitative estimate of drug-likeness (QED) is 0.442. The molecule has 2 saturated heterocycles. The van der Waals surface area contributed by atoms with Crippen molar-refractivity contribution in [2.24, 2.45) is 0 Å². The number of esters is 1. The Kier molecular flexibility index (Phi) is 6.03. The number of aromatic nitrogens is 2. The molecule has 8 heteroatoms. The molecule has 2 aromatic heterocycles. The van der Waals surface area contributed by atoms with Gasteiger partial charge in [0.25, 0.3) is 6.01 Å². The van der Waals surface area contributed by atoms with E-state index in [0.29, 0.717) is 19.1 Å². The minimum atomic E-state index is -0.473. The molecule has 168 valence electrons. The van der Waals surface area contributed by atoms with E-state index in [-0.39, 0.29) is 18.1 Å². The first kappa shape index (κ1) is 20.9. The zero-order valence-electron chi connectivity index (χ0n) is 18.0. The van der Waals surface area contributed by atoms with Crippen molar-refractivity contribution < 1.29 is 18.3 Å². The minimum absolute atomic E-state index is 0.171. The Hall–Kier alpha value is -3.00. The van der Waals surface area contributed by atoms with Crippen LogP contribution in [0.25, 0.3) is 11.1 Å². The second kappa shape index (κ2) is 9.24. The second-order valence-electron chi connectivity index (χ2n) is 8.59. The Balaban J connectivity index is 1.24. The van der Waals surface area contributed by atoms with E-state index in [9.17, 15) is 9.18 Å². The highest BCUT2D eigenvalue weighted by Crippen LogP contribution is 2.29. The molecule has 0 bridgehead atoms. The molecule has 3 aromatic rings. The summed E-state index contributed by atoms with van der Waals surface area (Å²) in [4.78, 5) is 25.5. The molecule has 2 aliphatic heterocycles. The van der Waals surface area contributed by atoms with Gasteiger partial charge in [-0.15, -0.1) is 0 Å². The first-order chi connectivity index (χ1) is 15.7. The van der Waals surface area contributed by atoms with Crippen molar-refractivity contribution >= 4 is 23.1 Å². The van der Waals surface area contributed by atoms with Gasteiger partial charge in [-0.25, -0.2) is 9.78 Å². The van der Waals surface area contributed by atoms with Crippen molar-refractivity contribution in [2.75, 3.05) is 24.5 Å². The molecule has 0 saturated carbocycles. The first-order valence-corrected chi connectivity index (χ1v) is 11.3. The average Bonchev–Trinajstić information content (AvgIpc) is 3.24. The van der Waals surface area contributed by atoms with Crippen LogP contribution in [0.1, 0.15) is 37.7 Å². The third-order valence-electron chi connectivity index (χ3n) is 6.25. The van der Waals surface area contributed by atoms with Crippen molar-refractivity contribution in [3.63, 3.8) is 0 Å². The predicted octanol–water partition coefficient (Wildman–Crippen LogP) is 3.93. The number of anilines is 1. The number of oxazole rings is 1. The highest BCUT2D eigenvalue weighted by Gasteiger charge is 2.35. The van der Waals surface area contributed by atoms with Crippen LogP contribution in [0.15, 0.2) is 47.0 Å². The molecule has 0 spiro atoms. The SMILES string of the molecule is O=C(O[C@H]1CCCN(Cc2ccnc(F)c2)C1)[C@@H]1CCCCN1c1nc2ccccc2o1. The molecule has 0 aliphatic carbocycles. The van der Waals surface area contributed by atoms with Crippen molar-refractivity contribution in [1.29, 1.82) is 0 Å². The van der Waals surface area contributed by atoms with E-state index < -0.39 is 5.95 Å². The summed E-state index contributed by atoms with van der Waals surface area (Å²) in [6.07, 6.45) is 5.77. The number of fused-ring (bicyclic) bond motifs is 1. The summed E-state index contributed by atoms with van der Waals surface area (Å²) < 4.78 is 25.3. The van der Waals surface area contributed by atoms with Crippen LogP contribution < -0.4 is 4.90 Å². The van der Waals surface area contributed by atoms with Gasteiger partial charge in [-0.2, -0.15) is 9.37 Å². The smallest absolute Gasteiger partial charge is 0.329 e. The third kappa shape index (κ3) is 4.60. The highest BCUT2D eigenvalue weighted by molar-refractivity contribution is 5.81. The standard InChI is InChI=1S/C24H27FN4O3/c25-22-14-17(10-11-26-22)15-28-12-5-6-18(16-28)31-23(30)20-8-3-4-13-29(20)24-27-19-7-1-2-9-21(19)32-24/h1-2,7,9-11,14,18,20H,3-6,8,12-13,15-16H2/t18-,20-/m0/s1. The Morgan fingerprint density at radius 2 is 2.06 bits per heavy atom. The van der Waals surface area contributed by atoms with E-state index in [1.165, 1.54) is 12.3 Å². The van der Waals surface area contributed by atoms with Gasteiger partial charge in [0.05, 0.1) is 0 Å². The van der Waals surface area contributed by atoms with E-state index in [0.717, 1.165) is 61.9 Å². The summed E-state index contributed by atoms with van der Waals surface area (Å²) in [6.45, 7) is 2.88. The van der Waals surface area contributed by atoms with Crippen LogP contribution in [0.4, 0.5) is 10.4 Å². The molecule has 2 fully saturated rings.